The predicted molar refractivity (Wildman–Crippen MR) is 82.7 cm³/mol. The van der Waals surface area contributed by atoms with Crippen molar-refractivity contribution < 1.29 is 0 Å². The van der Waals surface area contributed by atoms with E-state index in [9.17, 15) is 0 Å². The summed E-state index contributed by atoms with van der Waals surface area (Å²) in [5.41, 5.74) is 0. The van der Waals surface area contributed by atoms with Crippen molar-refractivity contribution in [2.45, 2.75) is 59.2 Å². The van der Waals surface area contributed by atoms with E-state index in [1.54, 1.807) is 0 Å². The number of hydrogen-bond donors (Lipinski definition) is 1. The molecule has 1 aromatic rings. The average Bonchev–Trinajstić information content (AvgIpc) is 2.86. The van der Waals surface area contributed by atoms with Gasteiger partial charge in [0.05, 0.1) is 6.04 Å². The lowest BCUT2D eigenvalue weighted by Gasteiger charge is -2.44. The standard InChI is InChI=1S/C15H27N3S/c1-6-13-7-17-15(19-13)12(5)18-9-11(4)16-8-14(18)10(2)3/h7,10-12,14,16H,6,8-9H2,1-5H3. The maximum Gasteiger partial charge on any atom is 0.110 e. The molecule has 1 fully saturated rings. The molecule has 2 rings (SSSR count). The Morgan fingerprint density at radius 3 is 2.79 bits per heavy atom. The number of nitrogens with zero attached hydrogens (tertiary/aromatic N) is 2. The van der Waals surface area contributed by atoms with Crippen molar-refractivity contribution in [2.75, 3.05) is 13.1 Å². The first-order chi connectivity index (χ1) is 9.02. The quantitative estimate of drug-likeness (QED) is 0.919. The van der Waals surface area contributed by atoms with E-state index < -0.39 is 0 Å². The molecule has 4 heteroatoms. The first-order valence-electron chi connectivity index (χ1n) is 7.46. The van der Waals surface area contributed by atoms with Gasteiger partial charge in [0.15, 0.2) is 0 Å². The van der Waals surface area contributed by atoms with Gasteiger partial charge in [-0.05, 0) is 26.2 Å². The second-order valence-corrected chi connectivity index (χ2v) is 7.16. The summed E-state index contributed by atoms with van der Waals surface area (Å²) in [5, 5.41) is 4.88. The van der Waals surface area contributed by atoms with E-state index in [0.717, 1.165) is 19.5 Å². The van der Waals surface area contributed by atoms with Gasteiger partial charge in [-0.2, -0.15) is 0 Å². The van der Waals surface area contributed by atoms with Crippen molar-refractivity contribution in [3.8, 4) is 0 Å². The van der Waals surface area contributed by atoms with E-state index >= 15 is 0 Å². The highest BCUT2D eigenvalue weighted by atomic mass is 32.1. The Hall–Kier alpha value is -0.450. The minimum atomic E-state index is 0.433. The van der Waals surface area contributed by atoms with Gasteiger partial charge in [-0.1, -0.05) is 20.8 Å². The molecule has 0 radical (unpaired) electrons. The van der Waals surface area contributed by atoms with Crippen molar-refractivity contribution in [1.82, 2.24) is 15.2 Å². The Bertz CT molecular complexity index is 402. The molecule has 3 nitrogen and oxygen atoms in total. The Morgan fingerprint density at radius 1 is 1.47 bits per heavy atom. The normalized spacial score (nSPS) is 26.8. The SMILES string of the molecule is CCc1cnc(C(C)N2CC(C)NCC2C(C)C)s1. The van der Waals surface area contributed by atoms with Crippen LogP contribution in [-0.2, 0) is 6.42 Å². The van der Waals surface area contributed by atoms with Crippen molar-refractivity contribution in [1.29, 1.82) is 0 Å². The van der Waals surface area contributed by atoms with Gasteiger partial charge >= 0.3 is 0 Å². The molecule has 1 aliphatic heterocycles. The molecule has 3 atom stereocenters. The molecule has 1 aliphatic rings. The third-order valence-corrected chi connectivity index (χ3v) is 5.44. The van der Waals surface area contributed by atoms with Gasteiger partial charge in [0, 0.05) is 36.2 Å². The fourth-order valence-electron chi connectivity index (χ4n) is 2.84. The van der Waals surface area contributed by atoms with Crippen LogP contribution in [0.1, 0.15) is 50.5 Å². The first kappa shape index (κ1) is 14.9. The highest BCUT2D eigenvalue weighted by Crippen LogP contribution is 2.30. The third-order valence-electron chi connectivity index (χ3n) is 4.13. The van der Waals surface area contributed by atoms with Gasteiger partial charge in [0.25, 0.3) is 0 Å². The molecule has 0 aliphatic carbocycles. The summed E-state index contributed by atoms with van der Waals surface area (Å²) in [6.45, 7) is 13.6. The summed E-state index contributed by atoms with van der Waals surface area (Å²) in [7, 11) is 0. The van der Waals surface area contributed by atoms with E-state index in [4.69, 9.17) is 0 Å². The summed E-state index contributed by atoms with van der Waals surface area (Å²) in [5.74, 6) is 0.674. The lowest BCUT2D eigenvalue weighted by molar-refractivity contribution is 0.0656. The van der Waals surface area contributed by atoms with Crippen LogP contribution in [0.25, 0.3) is 0 Å². The third kappa shape index (κ3) is 3.36. The lowest BCUT2D eigenvalue weighted by atomic mass is 9.97. The average molecular weight is 281 g/mol. The minimum absolute atomic E-state index is 0.433. The summed E-state index contributed by atoms with van der Waals surface area (Å²) in [6.07, 6.45) is 3.14. The number of hydrogen-bond acceptors (Lipinski definition) is 4. The van der Waals surface area contributed by atoms with Crippen LogP contribution in [0.3, 0.4) is 0 Å². The van der Waals surface area contributed by atoms with Crippen LogP contribution >= 0.6 is 11.3 Å². The predicted octanol–water partition coefficient (Wildman–Crippen LogP) is 3.08. The maximum absolute atomic E-state index is 4.64. The molecule has 0 aromatic carbocycles. The number of rotatable bonds is 4. The Kier molecular flexibility index (Phi) is 4.98. The lowest BCUT2D eigenvalue weighted by Crippen LogP contribution is -2.57. The second kappa shape index (κ2) is 6.33. The van der Waals surface area contributed by atoms with E-state index in [2.05, 4.69) is 49.8 Å². The van der Waals surface area contributed by atoms with Crippen molar-refractivity contribution >= 4 is 11.3 Å². The Labute approximate surface area is 121 Å². The molecule has 1 N–H and O–H groups in total. The highest BCUT2D eigenvalue weighted by molar-refractivity contribution is 7.11. The van der Waals surface area contributed by atoms with Crippen LogP contribution in [0.15, 0.2) is 6.20 Å². The molecule has 2 heterocycles. The number of aryl methyl sites for hydroxylation is 1. The largest absolute Gasteiger partial charge is 0.311 e. The van der Waals surface area contributed by atoms with Crippen LogP contribution in [0.2, 0.25) is 0 Å². The highest BCUT2D eigenvalue weighted by Gasteiger charge is 2.32. The summed E-state index contributed by atoms with van der Waals surface area (Å²) >= 11 is 1.88. The summed E-state index contributed by atoms with van der Waals surface area (Å²) < 4.78 is 0. The second-order valence-electron chi connectivity index (χ2n) is 6.01. The van der Waals surface area contributed by atoms with Crippen LogP contribution in [0.5, 0.6) is 0 Å². The van der Waals surface area contributed by atoms with Crippen LogP contribution in [-0.4, -0.2) is 35.1 Å². The molecule has 0 spiro atoms. The first-order valence-corrected chi connectivity index (χ1v) is 8.28. The smallest absolute Gasteiger partial charge is 0.110 e. The molecule has 1 aromatic heterocycles. The minimum Gasteiger partial charge on any atom is -0.311 e. The molecular formula is C15H27N3S. The number of aromatic nitrogens is 1. The van der Waals surface area contributed by atoms with Crippen LogP contribution < -0.4 is 5.32 Å². The molecule has 0 saturated carbocycles. The molecule has 1 saturated heterocycles. The van der Waals surface area contributed by atoms with Gasteiger partial charge in [0.2, 0.25) is 0 Å². The molecule has 3 unspecified atom stereocenters. The van der Waals surface area contributed by atoms with Gasteiger partial charge in [0.1, 0.15) is 5.01 Å². The molecule has 108 valence electrons. The maximum atomic E-state index is 4.64. The van der Waals surface area contributed by atoms with Gasteiger partial charge < -0.3 is 5.32 Å². The molecular weight excluding hydrogens is 254 g/mol. The fraction of sp³-hybridized carbons (Fsp3) is 0.800. The monoisotopic (exact) mass is 281 g/mol. The van der Waals surface area contributed by atoms with Gasteiger partial charge in [-0.25, -0.2) is 4.98 Å². The van der Waals surface area contributed by atoms with Gasteiger partial charge in [-0.3, -0.25) is 4.90 Å². The van der Waals surface area contributed by atoms with Gasteiger partial charge in [-0.15, -0.1) is 11.3 Å². The molecule has 19 heavy (non-hydrogen) atoms. The number of nitrogens with one attached hydrogen (secondary N) is 1. The van der Waals surface area contributed by atoms with E-state index in [1.807, 2.05) is 17.5 Å². The zero-order valence-electron chi connectivity index (χ0n) is 12.8. The Balaban J connectivity index is 2.15. The molecule has 0 amide bonds. The fourth-order valence-corrected chi connectivity index (χ4v) is 3.77. The van der Waals surface area contributed by atoms with Crippen LogP contribution in [0.4, 0.5) is 0 Å². The number of piperazine rings is 1. The Morgan fingerprint density at radius 2 is 2.21 bits per heavy atom. The van der Waals surface area contributed by atoms with E-state index in [1.165, 1.54) is 9.88 Å². The van der Waals surface area contributed by atoms with Crippen molar-refractivity contribution in [3.63, 3.8) is 0 Å². The zero-order valence-corrected chi connectivity index (χ0v) is 13.6. The number of thiazole rings is 1. The zero-order chi connectivity index (χ0) is 14.0. The van der Waals surface area contributed by atoms with Crippen molar-refractivity contribution in [3.05, 3.63) is 16.1 Å². The molecule has 0 bridgehead atoms. The topological polar surface area (TPSA) is 28.2 Å². The summed E-state index contributed by atoms with van der Waals surface area (Å²) in [4.78, 5) is 8.67. The van der Waals surface area contributed by atoms with E-state index in [-0.39, 0.29) is 0 Å². The van der Waals surface area contributed by atoms with Crippen LogP contribution in [0, 0.1) is 5.92 Å². The van der Waals surface area contributed by atoms with E-state index in [0.29, 0.717) is 24.0 Å². The van der Waals surface area contributed by atoms with Crippen molar-refractivity contribution in [2.24, 2.45) is 5.92 Å². The summed E-state index contributed by atoms with van der Waals surface area (Å²) in [6, 6.07) is 1.62.